The third kappa shape index (κ3) is 5.46. The van der Waals surface area contributed by atoms with Crippen molar-refractivity contribution in [2.24, 2.45) is 5.73 Å². The van der Waals surface area contributed by atoms with E-state index in [0.717, 1.165) is 25.2 Å². The molecule has 0 heterocycles. The zero-order valence-electron chi connectivity index (χ0n) is 10.8. The van der Waals surface area contributed by atoms with E-state index in [9.17, 15) is 0 Å². The Morgan fingerprint density at radius 3 is 2.53 bits per heavy atom. The normalized spacial score (nSPS) is 12.4. The van der Waals surface area contributed by atoms with Crippen LogP contribution in [0.15, 0.2) is 24.3 Å². The van der Waals surface area contributed by atoms with E-state index in [1.54, 1.807) is 0 Å². The summed E-state index contributed by atoms with van der Waals surface area (Å²) in [5.74, 6) is 3.30. The Hall–Kier alpha value is -0.670. The van der Waals surface area contributed by atoms with Crippen LogP contribution < -0.4 is 10.5 Å². The van der Waals surface area contributed by atoms with Gasteiger partial charge in [-0.2, -0.15) is 11.8 Å². The van der Waals surface area contributed by atoms with E-state index in [1.807, 2.05) is 23.9 Å². The lowest BCUT2D eigenvalue weighted by Gasteiger charge is -2.10. The zero-order chi connectivity index (χ0) is 12.5. The minimum atomic E-state index is 0.144. The van der Waals surface area contributed by atoms with Crippen LogP contribution in [0.25, 0.3) is 0 Å². The van der Waals surface area contributed by atoms with Crippen molar-refractivity contribution in [3.05, 3.63) is 29.8 Å². The molecule has 1 atom stereocenters. The molecule has 1 rings (SSSR count). The van der Waals surface area contributed by atoms with Crippen LogP contribution in [0.3, 0.4) is 0 Å². The molecule has 0 fully saturated rings. The van der Waals surface area contributed by atoms with Crippen molar-refractivity contribution < 1.29 is 4.74 Å². The molecule has 3 heteroatoms. The van der Waals surface area contributed by atoms with Gasteiger partial charge in [0, 0.05) is 6.04 Å². The molecular formula is C14H23NOS. The van der Waals surface area contributed by atoms with Crippen LogP contribution in [0.4, 0.5) is 0 Å². The highest BCUT2D eigenvalue weighted by molar-refractivity contribution is 7.99. The standard InChI is InChI=1S/C14H23NOS/c1-3-14(15)12-6-8-13(9-7-12)16-10-5-11-17-4-2/h6-9,14H,3-5,10-11,15H2,1-2H3/t14-/m0/s1. The molecule has 0 aliphatic heterocycles. The second-order valence-electron chi connectivity index (χ2n) is 3.98. The largest absolute Gasteiger partial charge is 0.494 e. The summed E-state index contributed by atoms with van der Waals surface area (Å²) in [6.07, 6.45) is 2.07. The van der Waals surface area contributed by atoms with Crippen LogP contribution in [0.2, 0.25) is 0 Å². The summed E-state index contributed by atoms with van der Waals surface area (Å²) in [5.41, 5.74) is 7.14. The molecule has 0 aliphatic rings. The second kappa shape index (κ2) is 8.43. The van der Waals surface area contributed by atoms with Gasteiger partial charge in [-0.25, -0.2) is 0 Å². The molecule has 17 heavy (non-hydrogen) atoms. The van der Waals surface area contributed by atoms with Gasteiger partial charge < -0.3 is 10.5 Å². The van der Waals surface area contributed by atoms with E-state index in [0.29, 0.717) is 0 Å². The Balaban J connectivity index is 2.30. The van der Waals surface area contributed by atoms with Crippen molar-refractivity contribution in [3.8, 4) is 5.75 Å². The molecule has 1 aromatic carbocycles. The third-order valence-corrected chi connectivity index (χ3v) is 3.64. The highest BCUT2D eigenvalue weighted by Crippen LogP contribution is 2.18. The maximum Gasteiger partial charge on any atom is 0.119 e. The average molecular weight is 253 g/mol. The topological polar surface area (TPSA) is 35.2 Å². The molecule has 0 aliphatic carbocycles. The van der Waals surface area contributed by atoms with Gasteiger partial charge in [0.2, 0.25) is 0 Å². The molecule has 0 amide bonds. The maximum atomic E-state index is 5.96. The van der Waals surface area contributed by atoms with Gasteiger partial charge >= 0.3 is 0 Å². The quantitative estimate of drug-likeness (QED) is 0.719. The summed E-state index contributed by atoms with van der Waals surface area (Å²) < 4.78 is 5.67. The molecule has 1 aromatic rings. The van der Waals surface area contributed by atoms with Crippen molar-refractivity contribution in [2.75, 3.05) is 18.1 Å². The summed E-state index contributed by atoms with van der Waals surface area (Å²) in [4.78, 5) is 0. The lowest BCUT2D eigenvalue weighted by molar-refractivity contribution is 0.318. The van der Waals surface area contributed by atoms with Gasteiger partial charge in [0.05, 0.1) is 6.61 Å². The van der Waals surface area contributed by atoms with Crippen LogP contribution in [0.5, 0.6) is 5.75 Å². The van der Waals surface area contributed by atoms with Crippen LogP contribution in [-0.4, -0.2) is 18.1 Å². The van der Waals surface area contributed by atoms with Crippen molar-refractivity contribution in [3.63, 3.8) is 0 Å². The molecule has 0 spiro atoms. The predicted octanol–water partition coefficient (Wildman–Crippen LogP) is 3.62. The van der Waals surface area contributed by atoms with Gasteiger partial charge in [-0.3, -0.25) is 0 Å². The van der Waals surface area contributed by atoms with Gasteiger partial charge in [-0.1, -0.05) is 26.0 Å². The fourth-order valence-electron chi connectivity index (χ4n) is 1.54. The summed E-state index contributed by atoms with van der Waals surface area (Å²) in [5, 5.41) is 0. The van der Waals surface area contributed by atoms with Gasteiger partial charge in [0.1, 0.15) is 5.75 Å². The third-order valence-electron chi connectivity index (χ3n) is 2.65. The van der Waals surface area contributed by atoms with E-state index in [4.69, 9.17) is 10.5 Å². The first-order chi connectivity index (χ1) is 8.27. The van der Waals surface area contributed by atoms with E-state index in [-0.39, 0.29) is 6.04 Å². The lowest BCUT2D eigenvalue weighted by Crippen LogP contribution is -2.08. The number of hydrogen-bond donors (Lipinski definition) is 1. The molecule has 0 bridgehead atoms. The number of rotatable bonds is 8. The fraction of sp³-hybridized carbons (Fsp3) is 0.571. The van der Waals surface area contributed by atoms with Crippen LogP contribution in [-0.2, 0) is 0 Å². The zero-order valence-corrected chi connectivity index (χ0v) is 11.6. The molecule has 0 unspecified atom stereocenters. The molecular weight excluding hydrogens is 230 g/mol. The highest BCUT2D eigenvalue weighted by atomic mass is 32.2. The number of hydrogen-bond acceptors (Lipinski definition) is 3. The first-order valence-corrected chi connectivity index (χ1v) is 7.49. The van der Waals surface area contributed by atoms with Crippen LogP contribution >= 0.6 is 11.8 Å². The summed E-state index contributed by atoms with van der Waals surface area (Å²) >= 11 is 1.96. The smallest absolute Gasteiger partial charge is 0.119 e. The number of nitrogens with two attached hydrogens (primary N) is 1. The van der Waals surface area contributed by atoms with E-state index < -0.39 is 0 Å². The van der Waals surface area contributed by atoms with Crippen molar-refractivity contribution >= 4 is 11.8 Å². The van der Waals surface area contributed by atoms with Crippen molar-refractivity contribution in [1.29, 1.82) is 0 Å². The molecule has 0 radical (unpaired) electrons. The Morgan fingerprint density at radius 1 is 1.24 bits per heavy atom. The first-order valence-electron chi connectivity index (χ1n) is 6.34. The van der Waals surface area contributed by atoms with E-state index in [2.05, 4.69) is 26.0 Å². The Kier molecular flexibility index (Phi) is 7.13. The van der Waals surface area contributed by atoms with Gasteiger partial charge in [0.25, 0.3) is 0 Å². The molecule has 2 nitrogen and oxygen atoms in total. The van der Waals surface area contributed by atoms with Gasteiger partial charge in [-0.15, -0.1) is 0 Å². The van der Waals surface area contributed by atoms with Gasteiger partial charge in [-0.05, 0) is 42.0 Å². The summed E-state index contributed by atoms with van der Waals surface area (Å²) in [6.45, 7) is 5.08. The predicted molar refractivity (Wildman–Crippen MR) is 76.8 cm³/mol. The minimum absolute atomic E-state index is 0.144. The Labute approximate surface area is 109 Å². The summed E-state index contributed by atoms with van der Waals surface area (Å²) in [7, 11) is 0. The number of ether oxygens (including phenoxy) is 1. The second-order valence-corrected chi connectivity index (χ2v) is 5.38. The molecule has 0 saturated heterocycles. The van der Waals surface area contributed by atoms with Crippen molar-refractivity contribution in [2.45, 2.75) is 32.7 Å². The van der Waals surface area contributed by atoms with Crippen LogP contribution in [0, 0.1) is 0 Å². The first kappa shape index (κ1) is 14.4. The Morgan fingerprint density at radius 2 is 1.94 bits per heavy atom. The average Bonchev–Trinajstić information content (AvgIpc) is 2.38. The fourth-order valence-corrected chi connectivity index (χ4v) is 2.15. The number of thioether (sulfide) groups is 1. The molecule has 0 aromatic heterocycles. The Bertz CT molecular complexity index is 300. The highest BCUT2D eigenvalue weighted by Gasteiger charge is 2.02. The monoisotopic (exact) mass is 253 g/mol. The van der Waals surface area contributed by atoms with Crippen LogP contribution in [0.1, 0.15) is 38.3 Å². The SMILES string of the molecule is CCSCCCOc1ccc([C@@H](N)CC)cc1. The van der Waals surface area contributed by atoms with Gasteiger partial charge in [0.15, 0.2) is 0 Å². The van der Waals surface area contributed by atoms with E-state index in [1.165, 1.54) is 17.1 Å². The number of benzene rings is 1. The van der Waals surface area contributed by atoms with Crippen molar-refractivity contribution in [1.82, 2.24) is 0 Å². The lowest BCUT2D eigenvalue weighted by atomic mass is 10.1. The van der Waals surface area contributed by atoms with E-state index >= 15 is 0 Å². The molecule has 2 N–H and O–H groups in total. The molecule has 96 valence electrons. The minimum Gasteiger partial charge on any atom is -0.494 e. The maximum absolute atomic E-state index is 5.96. The molecule has 0 saturated carbocycles. The summed E-state index contributed by atoms with van der Waals surface area (Å²) in [6, 6.07) is 8.29.